The molecule has 0 nitrogen and oxygen atoms in total. The number of halogens is 1. The van der Waals surface area contributed by atoms with Gasteiger partial charge >= 0.3 is 0 Å². The number of fused-ring (bicyclic) bond motifs is 3. The zero-order valence-electron chi connectivity index (χ0n) is 10.7. The minimum Gasteiger partial charge on any atom is -0.0799 e. The summed E-state index contributed by atoms with van der Waals surface area (Å²) in [7, 11) is 0. The van der Waals surface area contributed by atoms with Crippen LogP contribution in [0.25, 0.3) is 0 Å². The Labute approximate surface area is 118 Å². The molecule has 3 aliphatic carbocycles. The summed E-state index contributed by atoms with van der Waals surface area (Å²) >= 11 is 2.46. The normalized spacial score (nSPS) is 37.9. The van der Waals surface area contributed by atoms with E-state index in [1.807, 2.05) is 0 Å². The fourth-order valence-corrected chi connectivity index (χ4v) is 4.40. The van der Waals surface area contributed by atoms with Crippen LogP contribution in [-0.2, 0) is 0 Å². The van der Waals surface area contributed by atoms with Gasteiger partial charge in [-0.25, -0.2) is 0 Å². The molecule has 1 heteroatoms. The van der Waals surface area contributed by atoms with Crippen LogP contribution in [0.5, 0.6) is 0 Å². The van der Waals surface area contributed by atoms with Crippen LogP contribution < -0.4 is 0 Å². The van der Waals surface area contributed by atoms with Crippen molar-refractivity contribution in [3.8, 4) is 0 Å². The van der Waals surface area contributed by atoms with Gasteiger partial charge in [-0.3, -0.25) is 0 Å². The van der Waals surface area contributed by atoms with Gasteiger partial charge in [0.15, 0.2) is 0 Å². The lowest BCUT2D eigenvalue weighted by atomic mass is 9.74. The van der Waals surface area contributed by atoms with Crippen molar-refractivity contribution < 1.29 is 0 Å². The van der Waals surface area contributed by atoms with E-state index in [-0.39, 0.29) is 0 Å². The van der Waals surface area contributed by atoms with Crippen molar-refractivity contribution in [3.05, 3.63) is 45.1 Å². The molecule has 0 heterocycles. The maximum Gasteiger partial charge on any atom is 0.00900 e. The lowest BCUT2D eigenvalue weighted by molar-refractivity contribution is 0.320. The van der Waals surface area contributed by atoms with E-state index in [4.69, 9.17) is 0 Å². The summed E-state index contributed by atoms with van der Waals surface area (Å²) in [6, 6.07) is 0. The molecule has 0 aliphatic heterocycles. The molecule has 3 atom stereocenters. The highest BCUT2D eigenvalue weighted by Crippen LogP contribution is 2.59. The van der Waals surface area contributed by atoms with Crippen LogP contribution in [-0.4, -0.2) is 0 Å². The van der Waals surface area contributed by atoms with E-state index >= 15 is 0 Å². The topological polar surface area (TPSA) is 0 Å². The van der Waals surface area contributed by atoms with Gasteiger partial charge in [0.1, 0.15) is 0 Å². The largest absolute Gasteiger partial charge is 0.0799 e. The molecule has 0 radical (unpaired) electrons. The molecule has 0 aromatic carbocycles. The zero-order valence-corrected chi connectivity index (χ0v) is 12.9. The highest BCUT2D eigenvalue weighted by molar-refractivity contribution is 14.1. The molecule has 3 unspecified atom stereocenters. The first kappa shape index (κ1) is 11.8. The summed E-state index contributed by atoms with van der Waals surface area (Å²) in [6.45, 7) is 7.07. The van der Waals surface area contributed by atoms with E-state index in [0.29, 0.717) is 11.3 Å². The predicted octanol–water partition coefficient (Wildman–Crippen LogP) is 5.04. The third-order valence-corrected chi connectivity index (χ3v) is 5.49. The maximum atomic E-state index is 2.50. The lowest BCUT2D eigenvalue weighted by Gasteiger charge is -2.30. The van der Waals surface area contributed by atoms with Crippen molar-refractivity contribution in [1.82, 2.24) is 0 Å². The fraction of sp³-hybridized carbons (Fsp3) is 0.500. The van der Waals surface area contributed by atoms with E-state index in [1.165, 1.54) is 15.6 Å². The molecule has 0 bridgehead atoms. The first-order chi connectivity index (χ1) is 8.00. The van der Waals surface area contributed by atoms with E-state index < -0.39 is 0 Å². The first-order valence-corrected chi connectivity index (χ1v) is 7.52. The van der Waals surface area contributed by atoms with Crippen LogP contribution in [0.4, 0.5) is 0 Å². The second-order valence-corrected chi connectivity index (χ2v) is 7.37. The molecule has 1 saturated carbocycles. The monoisotopic (exact) mass is 338 g/mol. The van der Waals surface area contributed by atoms with Crippen LogP contribution >= 0.6 is 22.6 Å². The number of rotatable bonds is 0. The molecular weight excluding hydrogens is 319 g/mol. The Bertz CT molecular complexity index is 474. The van der Waals surface area contributed by atoms with Crippen molar-refractivity contribution in [3.63, 3.8) is 0 Å². The Kier molecular flexibility index (Phi) is 2.66. The third kappa shape index (κ3) is 1.69. The average Bonchev–Trinajstić information content (AvgIpc) is 2.49. The second kappa shape index (κ2) is 3.84. The molecule has 0 N–H and O–H groups in total. The van der Waals surface area contributed by atoms with Crippen molar-refractivity contribution in [2.75, 3.05) is 0 Å². The Morgan fingerprint density at radius 2 is 2.12 bits per heavy atom. The van der Waals surface area contributed by atoms with Gasteiger partial charge in [-0.05, 0) is 65.2 Å². The Hall–Kier alpha value is -0.310. The minimum atomic E-state index is 0.325. The molecular formula is C16H19I. The van der Waals surface area contributed by atoms with Crippen molar-refractivity contribution in [2.24, 2.45) is 23.2 Å². The highest BCUT2D eigenvalue weighted by Gasteiger charge is 2.50. The summed E-state index contributed by atoms with van der Waals surface area (Å²) in [6.07, 6.45) is 13.3. The van der Waals surface area contributed by atoms with Crippen LogP contribution in [0, 0.1) is 23.2 Å². The number of hydrogen-bond acceptors (Lipinski definition) is 0. The van der Waals surface area contributed by atoms with Crippen LogP contribution in [0.15, 0.2) is 45.1 Å². The van der Waals surface area contributed by atoms with Gasteiger partial charge in [-0.15, -0.1) is 0 Å². The van der Waals surface area contributed by atoms with Crippen LogP contribution in [0.3, 0.4) is 0 Å². The van der Waals surface area contributed by atoms with Gasteiger partial charge in [0.05, 0.1) is 0 Å². The summed E-state index contributed by atoms with van der Waals surface area (Å²) in [5.41, 5.74) is 3.43. The van der Waals surface area contributed by atoms with E-state index in [0.717, 1.165) is 11.8 Å². The molecule has 90 valence electrons. The maximum absolute atomic E-state index is 2.50. The standard InChI is InChI=1S/C16H19I/c1-10-4-6-12-13-7-5-11(17)9-15(13)16(2,3)14(12)8-10/h4-6,8-9,12-14H,7H2,1-3H3. The smallest absolute Gasteiger partial charge is 0.00900 e. The molecule has 0 saturated heterocycles. The van der Waals surface area contributed by atoms with Crippen LogP contribution in [0.2, 0.25) is 0 Å². The van der Waals surface area contributed by atoms with E-state index in [2.05, 4.69) is 73.7 Å². The summed E-state index contributed by atoms with van der Waals surface area (Å²) in [5.74, 6) is 2.16. The lowest BCUT2D eigenvalue weighted by Crippen LogP contribution is -2.22. The Morgan fingerprint density at radius 1 is 1.35 bits per heavy atom. The highest BCUT2D eigenvalue weighted by atomic mass is 127. The predicted molar refractivity (Wildman–Crippen MR) is 82.0 cm³/mol. The second-order valence-electron chi connectivity index (χ2n) is 6.13. The first-order valence-electron chi connectivity index (χ1n) is 6.44. The molecule has 17 heavy (non-hydrogen) atoms. The zero-order chi connectivity index (χ0) is 12.2. The van der Waals surface area contributed by atoms with Gasteiger partial charge in [0.25, 0.3) is 0 Å². The summed E-state index contributed by atoms with van der Waals surface area (Å²) in [5, 5.41) is 0. The molecule has 0 amide bonds. The Balaban J connectivity index is 2.09. The molecule has 3 aliphatic rings. The average molecular weight is 338 g/mol. The van der Waals surface area contributed by atoms with Crippen molar-refractivity contribution in [2.45, 2.75) is 27.2 Å². The van der Waals surface area contributed by atoms with Gasteiger partial charge in [-0.1, -0.05) is 49.3 Å². The Morgan fingerprint density at radius 3 is 2.88 bits per heavy atom. The van der Waals surface area contributed by atoms with Gasteiger partial charge in [0.2, 0.25) is 0 Å². The molecule has 0 spiro atoms. The molecule has 1 fully saturated rings. The van der Waals surface area contributed by atoms with Gasteiger partial charge in [-0.2, -0.15) is 0 Å². The molecule has 3 rings (SSSR count). The van der Waals surface area contributed by atoms with E-state index in [1.54, 1.807) is 5.57 Å². The fourth-order valence-electron chi connectivity index (χ4n) is 3.81. The SMILES string of the molecule is CC1=CC2C(C=C1)C1CC=C(I)C=C1C2(C)C. The van der Waals surface area contributed by atoms with Crippen molar-refractivity contribution >= 4 is 22.6 Å². The minimum absolute atomic E-state index is 0.325. The van der Waals surface area contributed by atoms with Gasteiger partial charge in [0, 0.05) is 3.58 Å². The van der Waals surface area contributed by atoms with Crippen LogP contribution in [0.1, 0.15) is 27.2 Å². The number of allylic oxidation sites excluding steroid dienone is 8. The molecule has 0 aromatic heterocycles. The molecule has 0 aromatic rings. The quantitative estimate of drug-likeness (QED) is 0.543. The van der Waals surface area contributed by atoms with E-state index in [9.17, 15) is 0 Å². The number of hydrogen-bond donors (Lipinski definition) is 0. The third-order valence-electron chi connectivity index (χ3n) is 4.74. The summed E-state index contributed by atoms with van der Waals surface area (Å²) < 4.78 is 1.42. The van der Waals surface area contributed by atoms with Crippen molar-refractivity contribution in [1.29, 1.82) is 0 Å². The summed E-state index contributed by atoms with van der Waals surface area (Å²) in [4.78, 5) is 0. The van der Waals surface area contributed by atoms with Gasteiger partial charge < -0.3 is 0 Å².